The summed E-state index contributed by atoms with van der Waals surface area (Å²) >= 11 is 0. The Labute approximate surface area is 73.2 Å². The van der Waals surface area contributed by atoms with Gasteiger partial charge >= 0.3 is 0 Å². The number of aliphatic hydroxyl groups is 2. The summed E-state index contributed by atoms with van der Waals surface area (Å²) < 4.78 is 0. The number of hydrogen-bond donors (Lipinski definition) is 2. The van der Waals surface area contributed by atoms with Crippen molar-refractivity contribution in [1.82, 2.24) is 0 Å². The topological polar surface area (TPSA) is 40.5 Å². The van der Waals surface area contributed by atoms with Gasteiger partial charge in [0.15, 0.2) is 0 Å². The van der Waals surface area contributed by atoms with Crippen molar-refractivity contribution >= 4 is 0 Å². The Morgan fingerprint density at radius 1 is 0.833 bits per heavy atom. The molecule has 1 aliphatic rings. The zero-order valence-electron chi connectivity index (χ0n) is 7.29. The molecule has 0 atom stereocenters. The van der Waals surface area contributed by atoms with Crippen molar-refractivity contribution in [3.63, 3.8) is 0 Å². The second-order valence-electron chi connectivity index (χ2n) is 3.09. The Morgan fingerprint density at radius 3 is 1.42 bits per heavy atom. The summed E-state index contributed by atoms with van der Waals surface area (Å²) in [6.07, 6.45) is 7.99. The molecule has 0 saturated heterocycles. The first-order chi connectivity index (χ1) is 5.86. The Balaban J connectivity index is 2.39. The highest BCUT2D eigenvalue weighted by Crippen LogP contribution is 2.26. The van der Waals surface area contributed by atoms with Crippen molar-refractivity contribution in [2.45, 2.75) is 25.7 Å². The van der Waals surface area contributed by atoms with Crippen LogP contribution in [0.25, 0.3) is 0 Å². The van der Waals surface area contributed by atoms with Gasteiger partial charge in [0.05, 0.1) is 13.2 Å². The Morgan fingerprint density at radius 2 is 1.17 bits per heavy atom. The van der Waals surface area contributed by atoms with Gasteiger partial charge in [0.2, 0.25) is 0 Å². The van der Waals surface area contributed by atoms with Crippen molar-refractivity contribution in [3.05, 3.63) is 23.3 Å². The van der Waals surface area contributed by atoms with E-state index in [9.17, 15) is 0 Å². The third kappa shape index (κ3) is 2.80. The van der Waals surface area contributed by atoms with Crippen molar-refractivity contribution in [1.29, 1.82) is 0 Å². The molecule has 2 N–H and O–H groups in total. The monoisotopic (exact) mass is 168 g/mol. The number of hydrogen-bond acceptors (Lipinski definition) is 2. The van der Waals surface area contributed by atoms with E-state index in [0.717, 1.165) is 25.7 Å². The number of allylic oxidation sites excluding steroid dienone is 2. The Bertz CT molecular complexity index is 158. The molecule has 0 radical (unpaired) electrons. The summed E-state index contributed by atoms with van der Waals surface area (Å²) in [5, 5.41) is 17.3. The van der Waals surface area contributed by atoms with Crippen LogP contribution in [0, 0.1) is 0 Å². The normalized spacial score (nSPS) is 17.8. The van der Waals surface area contributed by atoms with Crippen molar-refractivity contribution in [2.75, 3.05) is 13.2 Å². The molecule has 1 saturated carbocycles. The second kappa shape index (κ2) is 5.12. The van der Waals surface area contributed by atoms with Crippen LogP contribution in [0.5, 0.6) is 0 Å². The van der Waals surface area contributed by atoms with E-state index in [4.69, 9.17) is 10.2 Å². The van der Waals surface area contributed by atoms with Gasteiger partial charge in [-0.05, 0) is 25.7 Å². The first-order valence-corrected chi connectivity index (χ1v) is 4.44. The lowest BCUT2D eigenvalue weighted by atomic mass is 9.90. The van der Waals surface area contributed by atoms with E-state index in [-0.39, 0.29) is 13.2 Å². The fourth-order valence-electron chi connectivity index (χ4n) is 1.56. The SMILES string of the molecule is OCC=C1CCC(=CCO)CC1. The molecular weight excluding hydrogens is 152 g/mol. The van der Waals surface area contributed by atoms with E-state index in [1.54, 1.807) is 0 Å². The number of rotatable bonds is 2. The Hall–Kier alpha value is -0.600. The van der Waals surface area contributed by atoms with Crippen LogP contribution in [0.1, 0.15) is 25.7 Å². The van der Waals surface area contributed by atoms with Gasteiger partial charge in [0, 0.05) is 0 Å². The van der Waals surface area contributed by atoms with Crippen molar-refractivity contribution in [3.8, 4) is 0 Å². The summed E-state index contributed by atoms with van der Waals surface area (Å²) in [5.74, 6) is 0. The highest BCUT2D eigenvalue weighted by Gasteiger charge is 2.08. The highest BCUT2D eigenvalue weighted by molar-refractivity contribution is 5.16. The molecule has 12 heavy (non-hydrogen) atoms. The number of aliphatic hydroxyl groups excluding tert-OH is 2. The van der Waals surface area contributed by atoms with Crippen LogP contribution in [0.15, 0.2) is 23.3 Å². The van der Waals surface area contributed by atoms with Gasteiger partial charge in [-0.3, -0.25) is 0 Å². The Kier molecular flexibility index (Phi) is 4.05. The van der Waals surface area contributed by atoms with Gasteiger partial charge in [-0.25, -0.2) is 0 Å². The molecule has 1 rings (SSSR count). The molecular formula is C10H16O2. The first-order valence-electron chi connectivity index (χ1n) is 4.44. The van der Waals surface area contributed by atoms with Gasteiger partial charge in [-0.2, -0.15) is 0 Å². The molecule has 0 aliphatic heterocycles. The highest BCUT2D eigenvalue weighted by atomic mass is 16.3. The predicted molar refractivity (Wildman–Crippen MR) is 48.8 cm³/mol. The van der Waals surface area contributed by atoms with Crippen LogP contribution >= 0.6 is 0 Å². The molecule has 68 valence electrons. The van der Waals surface area contributed by atoms with Gasteiger partial charge in [-0.1, -0.05) is 23.3 Å². The van der Waals surface area contributed by atoms with Crippen LogP contribution in [-0.4, -0.2) is 23.4 Å². The second-order valence-corrected chi connectivity index (χ2v) is 3.09. The van der Waals surface area contributed by atoms with Crippen LogP contribution in [0.3, 0.4) is 0 Å². The van der Waals surface area contributed by atoms with E-state index in [1.165, 1.54) is 11.1 Å². The molecule has 0 aromatic carbocycles. The standard InChI is InChI=1S/C10H16O2/c11-7-5-9-1-2-10(4-3-9)6-8-12/h5-6,11-12H,1-4,7-8H2. The average Bonchev–Trinajstić information content (AvgIpc) is 2.09. The van der Waals surface area contributed by atoms with E-state index in [1.807, 2.05) is 12.2 Å². The third-order valence-electron chi connectivity index (χ3n) is 2.29. The molecule has 0 heterocycles. The smallest absolute Gasteiger partial charge is 0.0615 e. The van der Waals surface area contributed by atoms with Gasteiger partial charge in [-0.15, -0.1) is 0 Å². The van der Waals surface area contributed by atoms with Crippen LogP contribution in [0.2, 0.25) is 0 Å². The minimum atomic E-state index is 0.161. The summed E-state index contributed by atoms with van der Waals surface area (Å²) in [6.45, 7) is 0.322. The molecule has 1 aliphatic carbocycles. The van der Waals surface area contributed by atoms with E-state index < -0.39 is 0 Å². The fraction of sp³-hybridized carbons (Fsp3) is 0.600. The lowest BCUT2D eigenvalue weighted by molar-refractivity contribution is 0.339. The average molecular weight is 168 g/mol. The molecule has 0 unspecified atom stereocenters. The maximum atomic E-state index is 8.66. The quantitative estimate of drug-likeness (QED) is 0.612. The zero-order valence-corrected chi connectivity index (χ0v) is 7.29. The van der Waals surface area contributed by atoms with E-state index in [0.29, 0.717) is 0 Å². The van der Waals surface area contributed by atoms with Crippen molar-refractivity contribution < 1.29 is 10.2 Å². The molecule has 2 nitrogen and oxygen atoms in total. The third-order valence-corrected chi connectivity index (χ3v) is 2.29. The van der Waals surface area contributed by atoms with E-state index in [2.05, 4.69) is 0 Å². The predicted octanol–water partition coefficient (Wildman–Crippen LogP) is 1.40. The summed E-state index contributed by atoms with van der Waals surface area (Å²) in [6, 6.07) is 0. The summed E-state index contributed by atoms with van der Waals surface area (Å²) in [4.78, 5) is 0. The fourth-order valence-corrected chi connectivity index (χ4v) is 1.56. The molecule has 0 spiro atoms. The maximum Gasteiger partial charge on any atom is 0.0615 e. The first kappa shape index (κ1) is 9.49. The zero-order chi connectivity index (χ0) is 8.81. The van der Waals surface area contributed by atoms with Crippen molar-refractivity contribution in [2.24, 2.45) is 0 Å². The molecule has 2 heteroatoms. The largest absolute Gasteiger partial charge is 0.392 e. The van der Waals surface area contributed by atoms with Gasteiger partial charge in [0.25, 0.3) is 0 Å². The minimum absolute atomic E-state index is 0.161. The maximum absolute atomic E-state index is 8.66. The van der Waals surface area contributed by atoms with Crippen LogP contribution in [0.4, 0.5) is 0 Å². The lowest BCUT2D eigenvalue weighted by Crippen LogP contribution is -1.99. The van der Waals surface area contributed by atoms with Gasteiger partial charge in [0.1, 0.15) is 0 Å². The minimum Gasteiger partial charge on any atom is -0.392 e. The lowest BCUT2D eigenvalue weighted by Gasteiger charge is -2.16. The van der Waals surface area contributed by atoms with E-state index >= 15 is 0 Å². The summed E-state index contributed by atoms with van der Waals surface area (Å²) in [5.41, 5.74) is 2.71. The van der Waals surface area contributed by atoms with Crippen LogP contribution in [-0.2, 0) is 0 Å². The molecule has 0 aromatic heterocycles. The summed E-state index contributed by atoms with van der Waals surface area (Å²) in [7, 11) is 0. The van der Waals surface area contributed by atoms with Gasteiger partial charge < -0.3 is 10.2 Å². The molecule has 0 aromatic rings. The molecule has 0 amide bonds. The molecule has 0 bridgehead atoms. The molecule has 1 fully saturated rings. The van der Waals surface area contributed by atoms with Crippen LogP contribution < -0.4 is 0 Å².